The van der Waals surface area contributed by atoms with E-state index in [1.54, 1.807) is 6.42 Å². The van der Waals surface area contributed by atoms with Crippen LogP contribution in [-0.2, 0) is 0 Å². The molecule has 0 nitrogen and oxygen atoms in total. The van der Waals surface area contributed by atoms with E-state index < -0.39 is 0 Å². The minimum atomic E-state index is 0.913. The lowest BCUT2D eigenvalue weighted by molar-refractivity contribution is 0.0332. The molecular formula is C14H26. The fraction of sp³-hybridized carbons (Fsp3) is 1.00. The smallest absolute Gasteiger partial charge is 0.0334 e. The predicted octanol–water partition coefficient (Wildman–Crippen LogP) is 4.49. The van der Waals surface area contributed by atoms with E-state index in [0.717, 1.165) is 29.6 Å². The second-order valence-corrected chi connectivity index (χ2v) is 6.08. The monoisotopic (exact) mass is 194 g/mol. The Kier molecular flexibility index (Phi) is 3.19. The molecule has 0 bridgehead atoms. The van der Waals surface area contributed by atoms with E-state index in [9.17, 15) is 0 Å². The third kappa shape index (κ3) is 1.85. The minimum absolute atomic E-state index is 0.913. The molecule has 0 saturated heterocycles. The van der Waals surface area contributed by atoms with Gasteiger partial charge in [-0.05, 0) is 42.4 Å². The molecule has 4 atom stereocenters. The van der Waals surface area contributed by atoms with Crippen LogP contribution < -0.4 is 0 Å². The summed E-state index contributed by atoms with van der Waals surface area (Å²) in [6, 6.07) is 0. The lowest BCUT2D eigenvalue weighted by Crippen LogP contribution is -2.38. The SMILES string of the molecule is CC(C)C1C(C)CCC2CCCCC21. The van der Waals surface area contributed by atoms with Crippen molar-refractivity contribution >= 4 is 0 Å². The van der Waals surface area contributed by atoms with Gasteiger partial charge in [0, 0.05) is 0 Å². The highest BCUT2D eigenvalue weighted by Gasteiger charge is 2.39. The molecule has 0 radical (unpaired) electrons. The quantitative estimate of drug-likeness (QED) is 0.577. The molecule has 0 aromatic heterocycles. The van der Waals surface area contributed by atoms with Crippen LogP contribution in [0.25, 0.3) is 0 Å². The summed E-state index contributed by atoms with van der Waals surface area (Å²) in [5, 5.41) is 0. The first-order chi connectivity index (χ1) is 6.70. The van der Waals surface area contributed by atoms with E-state index in [4.69, 9.17) is 0 Å². The topological polar surface area (TPSA) is 0 Å². The van der Waals surface area contributed by atoms with E-state index in [1.807, 2.05) is 0 Å². The van der Waals surface area contributed by atoms with Crippen LogP contribution in [0.4, 0.5) is 0 Å². The average molecular weight is 194 g/mol. The molecule has 0 N–H and O–H groups in total. The van der Waals surface area contributed by atoms with Crippen LogP contribution in [-0.4, -0.2) is 0 Å². The molecule has 0 heteroatoms. The summed E-state index contributed by atoms with van der Waals surface area (Å²) in [7, 11) is 0. The molecule has 0 heterocycles. The van der Waals surface area contributed by atoms with Crippen molar-refractivity contribution in [1.29, 1.82) is 0 Å². The molecule has 2 aliphatic carbocycles. The Labute approximate surface area is 89.5 Å². The summed E-state index contributed by atoms with van der Waals surface area (Å²) in [6.45, 7) is 7.38. The van der Waals surface area contributed by atoms with Crippen LogP contribution in [0.1, 0.15) is 59.3 Å². The lowest BCUT2D eigenvalue weighted by atomic mass is 9.59. The van der Waals surface area contributed by atoms with Crippen LogP contribution >= 0.6 is 0 Å². The summed E-state index contributed by atoms with van der Waals surface area (Å²) < 4.78 is 0. The van der Waals surface area contributed by atoms with E-state index in [0.29, 0.717) is 0 Å². The van der Waals surface area contributed by atoms with Gasteiger partial charge in [0.15, 0.2) is 0 Å². The fourth-order valence-electron chi connectivity index (χ4n) is 4.34. The third-order valence-electron chi connectivity index (χ3n) is 4.88. The maximum Gasteiger partial charge on any atom is -0.0334 e. The van der Waals surface area contributed by atoms with Crippen LogP contribution in [0.5, 0.6) is 0 Å². The van der Waals surface area contributed by atoms with Gasteiger partial charge in [-0.15, -0.1) is 0 Å². The Morgan fingerprint density at radius 2 is 1.64 bits per heavy atom. The highest BCUT2D eigenvalue weighted by atomic mass is 14.4. The van der Waals surface area contributed by atoms with E-state index in [2.05, 4.69) is 20.8 Å². The Bertz CT molecular complexity index is 182. The van der Waals surface area contributed by atoms with Crippen molar-refractivity contribution in [3.63, 3.8) is 0 Å². The number of hydrogen-bond donors (Lipinski definition) is 0. The summed E-state index contributed by atoms with van der Waals surface area (Å²) in [5.74, 6) is 5.14. The molecule has 0 aromatic carbocycles. The molecule has 2 fully saturated rings. The van der Waals surface area contributed by atoms with Crippen molar-refractivity contribution < 1.29 is 0 Å². The second kappa shape index (κ2) is 4.24. The van der Waals surface area contributed by atoms with Crippen molar-refractivity contribution in [2.24, 2.45) is 29.6 Å². The number of fused-ring (bicyclic) bond motifs is 1. The molecule has 82 valence electrons. The zero-order valence-electron chi connectivity index (χ0n) is 10.1. The van der Waals surface area contributed by atoms with Gasteiger partial charge in [0.05, 0.1) is 0 Å². The van der Waals surface area contributed by atoms with Crippen LogP contribution in [0.15, 0.2) is 0 Å². The molecule has 4 unspecified atom stereocenters. The molecule has 0 amide bonds. The molecule has 2 saturated carbocycles. The van der Waals surface area contributed by atoms with Crippen LogP contribution in [0.2, 0.25) is 0 Å². The molecule has 0 aliphatic heterocycles. The summed E-state index contributed by atoms with van der Waals surface area (Å²) in [6.07, 6.45) is 9.15. The van der Waals surface area contributed by atoms with Crippen molar-refractivity contribution in [1.82, 2.24) is 0 Å². The van der Waals surface area contributed by atoms with Gasteiger partial charge < -0.3 is 0 Å². The van der Waals surface area contributed by atoms with Gasteiger partial charge in [-0.1, -0.05) is 46.5 Å². The van der Waals surface area contributed by atoms with Crippen molar-refractivity contribution in [3.8, 4) is 0 Å². The average Bonchev–Trinajstić information content (AvgIpc) is 2.17. The summed E-state index contributed by atoms with van der Waals surface area (Å²) in [4.78, 5) is 0. The zero-order valence-corrected chi connectivity index (χ0v) is 10.1. The molecular weight excluding hydrogens is 168 g/mol. The Morgan fingerprint density at radius 3 is 2.36 bits per heavy atom. The molecule has 2 aliphatic rings. The van der Waals surface area contributed by atoms with Gasteiger partial charge in [0.2, 0.25) is 0 Å². The van der Waals surface area contributed by atoms with E-state index in [-0.39, 0.29) is 0 Å². The van der Waals surface area contributed by atoms with Crippen molar-refractivity contribution in [2.75, 3.05) is 0 Å². The minimum Gasteiger partial charge on any atom is -0.0625 e. The lowest BCUT2D eigenvalue weighted by Gasteiger charge is -2.46. The zero-order chi connectivity index (χ0) is 10.1. The first-order valence-corrected chi connectivity index (χ1v) is 6.70. The van der Waals surface area contributed by atoms with Crippen LogP contribution in [0, 0.1) is 29.6 Å². The number of hydrogen-bond acceptors (Lipinski definition) is 0. The van der Waals surface area contributed by atoms with Gasteiger partial charge in [-0.3, -0.25) is 0 Å². The summed E-state index contributed by atoms with van der Waals surface area (Å²) >= 11 is 0. The normalized spacial score (nSPS) is 43.7. The highest BCUT2D eigenvalue weighted by Crippen LogP contribution is 2.48. The maximum atomic E-state index is 2.50. The predicted molar refractivity (Wildman–Crippen MR) is 62.2 cm³/mol. The largest absolute Gasteiger partial charge is 0.0625 e. The summed E-state index contributed by atoms with van der Waals surface area (Å²) in [5.41, 5.74) is 0. The number of rotatable bonds is 1. The van der Waals surface area contributed by atoms with Gasteiger partial charge in [0.1, 0.15) is 0 Å². The molecule has 0 aromatic rings. The third-order valence-corrected chi connectivity index (χ3v) is 4.88. The molecule has 14 heavy (non-hydrogen) atoms. The van der Waals surface area contributed by atoms with Crippen molar-refractivity contribution in [3.05, 3.63) is 0 Å². The first-order valence-electron chi connectivity index (χ1n) is 6.70. The van der Waals surface area contributed by atoms with E-state index in [1.165, 1.54) is 32.1 Å². The Morgan fingerprint density at radius 1 is 0.929 bits per heavy atom. The first kappa shape index (κ1) is 10.5. The fourth-order valence-corrected chi connectivity index (χ4v) is 4.34. The Hall–Kier alpha value is 0. The molecule has 2 rings (SSSR count). The van der Waals surface area contributed by atoms with Gasteiger partial charge >= 0.3 is 0 Å². The van der Waals surface area contributed by atoms with Gasteiger partial charge in [0.25, 0.3) is 0 Å². The second-order valence-electron chi connectivity index (χ2n) is 6.08. The Balaban J connectivity index is 2.09. The highest BCUT2D eigenvalue weighted by molar-refractivity contribution is 4.89. The van der Waals surface area contributed by atoms with Crippen molar-refractivity contribution in [2.45, 2.75) is 59.3 Å². The van der Waals surface area contributed by atoms with Crippen LogP contribution in [0.3, 0.4) is 0 Å². The van der Waals surface area contributed by atoms with Gasteiger partial charge in [-0.25, -0.2) is 0 Å². The van der Waals surface area contributed by atoms with E-state index >= 15 is 0 Å². The maximum absolute atomic E-state index is 2.50. The standard InChI is InChI=1S/C14H26/c1-10(2)14-11(3)8-9-12-6-4-5-7-13(12)14/h10-14H,4-9H2,1-3H3. The molecule has 0 spiro atoms. The van der Waals surface area contributed by atoms with Gasteiger partial charge in [-0.2, -0.15) is 0 Å².